The molecule has 154 valence electrons. The Morgan fingerprint density at radius 3 is 2.43 bits per heavy atom. The molecule has 0 aliphatic carbocycles. The molecule has 0 radical (unpaired) electrons. The van der Waals surface area contributed by atoms with E-state index >= 15 is 0 Å². The van der Waals surface area contributed by atoms with Gasteiger partial charge in [-0.3, -0.25) is 14.4 Å². The first kappa shape index (κ1) is 20.1. The molecule has 2 atom stereocenters. The van der Waals surface area contributed by atoms with Crippen molar-refractivity contribution in [2.24, 2.45) is 0 Å². The first-order chi connectivity index (χ1) is 14.3. The predicted molar refractivity (Wildman–Crippen MR) is 116 cm³/mol. The molecule has 30 heavy (non-hydrogen) atoms. The number of benzene rings is 3. The molecule has 3 aromatic carbocycles. The molecular weight excluding hydrogens is 400 g/mol. The molecule has 1 heterocycles. The third kappa shape index (κ3) is 3.45. The fourth-order valence-corrected chi connectivity index (χ4v) is 5.93. The average Bonchev–Trinajstić information content (AvgIpc) is 2.74. The summed E-state index contributed by atoms with van der Waals surface area (Å²) in [6, 6.07) is 20.8. The van der Waals surface area contributed by atoms with Gasteiger partial charge >= 0.3 is 0 Å². The molecule has 0 saturated carbocycles. The first-order valence-electron chi connectivity index (χ1n) is 9.73. The van der Waals surface area contributed by atoms with Crippen molar-refractivity contribution in [1.82, 2.24) is 0 Å². The van der Waals surface area contributed by atoms with Crippen LogP contribution >= 0.6 is 0 Å². The molecule has 6 nitrogen and oxygen atoms in total. The number of anilines is 1. The van der Waals surface area contributed by atoms with E-state index in [9.17, 15) is 18.5 Å². The lowest BCUT2D eigenvalue weighted by Gasteiger charge is -2.40. The van der Waals surface area contributed by atoms with Gasteiger partial charge in [0.05, 0.1) is 15.5 Å². The van der Waals surface area contributed by atoms with Crippen LogP contribution < -0.4 is 4.31 Å². The molecule has 0 amide bonds. The number of rotatable bonds is 4. The maximum absolute atomic E-state index is 13.6. The van der Waals surface area contributed by atoms with Crippen LogP contribution in [0.25, 0.3) is 0 Å². The molecule has 0 aromatic heterocycles. The lowest BCUT2D eigenvalue weighted by atomic mass is 9.82. The SMILES string of the molecule is Cc1ccc2c(c1)[C@H](c1ccccc1)C[C@H](C)N2S(=O)(=O)c1cccc([N+](=O)[O-])c1. The normalized spacial score (nSPS) is 18.7. The van der Waals surface area contributed by atoms with Crippen molar-refractivity contribution in [3.8, 4) is 0 Å². The summed E-state index contributed by atoms with van der Waals surface area (Å²) in [6.45, 7) is 3.87. The van der Waals surface area contributed by atoms with E-state index in [-0.39, 0.29) is 22.5 Å². The van der Waals surface area contributed by atoms with Crippen molar-refractivity contribution >= 4 is 21.4 Å². The summed E-state index contributed by atoms with van der Waals surface area (Å²) < 4.78 is 28.6. The van der Waals surface area contributed by atoms with Crippen molar-refractivity contribution in [1.29, 1.82) is 0 Å². The van der Waals surface area contributed by atoms with Gasteiger partial charge in [0.15, 0.2) is 0 Å². The molecule has 0 spiro atoms. The summed E-state index contributed by atoms with van der Waals surface area (Å²) >= 11 is 0. The third-order valence-corrected chi connectivity index (χ3v) is 7.48. The summed E-state index contributed by atoms with van der Waals surface area (Å²) in [5.41, 5.74) is 3.53. The Kier molecular flexibility index (Phi) is 5.07. The summed E-state index contributed by atoms with van der Waals surface area (Å²) in [4.78, 5) is 10.5. The molecule has 7 heteroatoms. The highest BCUT2D eigenvalue weighted by molar-refractivity contribution is 7.92. The predicted octanol–water partition coefficient (Wildman–Crippen LogP) is 5.02. The molecule has 1 aliphatic rings. The minimum absolute atomic E-state index is 0.0757. The summed E-state index contributed by atoms with van der Waals surface area (Å²) in [6.07, 6.45) is 0.620. The molecule has 3 aromatic rings. The molecular formula is C23H22N2O4S. The van der Waals surface area contributed by atoms with Gasteiger partial charge in [-0.2, -0.15) is 0 Å². The highest BCUT2D eigenvalue weighted by Gasteiger charge is 2.38. The van der Waals surface area contributed by atoms with Crippen LogP contribution in [0.3, 0.4) is 0 Å². The number of aryl methyl sites for hydroxylation is 1. The first-order valence-corrected chi connectivity index (χ1v) is 11.2. The van der Waals surface area contributed by atoms with Crippen LogP contribution in [0.5, 0.6) is 0 Å². The molecule has 0 fully saturated rings. The number of fused-ring (bicyclic) bond motifs is 1. The van der Waals surface area contributed by atoms with Crippen LogP contribution in [-0.4, -0.2) is 19.4 Å². The van der Waals surface area contributed by atoms with Gasteiger partial charge in [-0.15, -0.1) is 0 Å². The molecule has 1 aliphatic heterocycles. The Labute approximate surface area is 176 Å². The van der Waals surface area contributed by atoms with E-state index in [0.29, 0.717) is 12.1 Å². The minimum Gasteiger partial charge on any atom is -0.263 e. The fraction of sp³-hybridized carbons (Fsp3) is 0.217. The summed E-state index contributed by atoms with van der Waals surface area (Å²) in [5, 5.41) is 11.2. The number of non-ortho nitro benzene ring substituents is 1. The van der Waals surface area contributed by atoms with Crippen LogP contribution in [0.15, 0.2) is 77.7 Å². The minimum atomic E-state index is -3.97. The van der Waals surface area contributed by atoms with Crippen molar-refractivity contribution in [3.05, 3.63) is 99.6 Å². The van der Waals surface area contributed by atoms with Gasteiger partial charge in [-0.1, -0.05) is 54.1 Å². The number of sulfonamides is 1. The number of hydrogen-bond acceptors (Lipinski definition) is 4. The second-order valence-corrected chi connectivity index (χ2v) is 9.48. The fourth-order valence-electron chi connectivity index (χ4n) is 4.19. The van der Waals surface area contributed by atoms with Crippen LogP contribution in [0.4, 0.5) is 11.4 Å². The van der Waals surface area contributed by atoms with Gasteiger partial charge in [0.25, 0.3) is 15.7 Å². The van der Waals surface area contributed by atoms with Crippen molar-refractivity contribution in [2.75, 3.05) is 4.31 Å². The number of nitro benzene ring substituents is 1. The molecule has 4 rings (SSSR count). The van der Waals surface area contributed by atoms with Crippen molar-refractivity contribution in [2.45, 2.75) is 37.1 Å². The van der Waals surface area contributed by atoms with Gasteiger partial charge in [0.2, 0.25) is 0 Å². The quantitative estimate of drug-likeness (QED) is 0.437. The van der Waals surface area contributed by atoms with Gasteiger partial charge in [-0.25, -0.2) is 8.42 Å². The van der Waals surface area contributed by atoms with E-state index in [0.717, 1.165) is 22.8 Å². The zero-order chi connectivity index (χ0) is 21.5. The van der Waals surface area contributed by atoms with E-state index in [2.05, 4.69) is 12.1 Å². The second-order valence-electron chi connectivity index (χ2n) is 7.67. The highest BCUT2D eigenvalue weighted by atomic mass is 32.2. The zero-order valence-corrected chi connectivity index (χ0v) is 17.5. The van der Waals surface area contributed by atoms with E-state index in [1.165, 1.54) is 22.5 Å². The topological polar surface area (TPSA) is 80.5 Å². The van der Waals surface area contributed by atoms with Crippen molar-refractivity contribution < 1.29 is 13.3 Å². The van der Waals surface area contributed by atoms with E-state index < -0.39 is 14.9 Å². The highest BCUT2D eigenvalue weighted by Crippen LogP contribution is 2.44. The Hall–Kier alpha value is -3.19. The zero-order valence-electron chi connectivity index (χ0n) is 16.7. The number of hydrogen-bond donors (Lipinski definition) is 0. The van der Waals surface area contributed by atoms with Crippen LogP contribution in [0, 0.1) is 17.0 Å². The number of nitrogens with zero attached hydrogens (tertiary/aromatic N) is 2. The Balaban J connectivity index is 1.86. The summed E-state index contributed by atoms with van der Waals surface area (Å²) in [7, 11) is -3.97. The van der Waals surface area contributed by atoms with E-state index in [1.54, 1.807) is 0 Å². The van der Waals surface area contributed by atoms with Crippen LogP contribution in [-0.2, 0) is 10.0 Å². The average molecular weight is 423 g/mol. The molecule has 0 unspecified atom stereocenters. The van der Waals surface area contributed by atoms with Gasteiger partial charge < -0.3 is 0 Å². The maximum atomic E-state index is 13.6. The largest absolute Gasteiger partial charge is 0.270 e. The Bertz CT molecular complexity index is 1210. The molecule has 0 bridgehead atoms. The van der Waals surface area contributed by atoms with E-state index in [4.69, 9.17) is 0 Å². The van der Waals surface area contributed by atoms with Crippen molar-refractivity contribution in [3.63, 3.8) is 0 Å². The monoisotopic (exact) mass is 422 g/mol. The summed E-state index contributed by atoms with van der Waals surface area (Å²) in [5.74, 6) is 0.0765. The van der Waals surface area contributed by atoms with Gasteiger partial charge in [-0.05, 0) is 43.5 Å². The smallest absolute Gasteiger partial charge is 0.263 e. The Morgan fingerprint density at radius 1 is 1.00 bits per heavy atom. The molecule has 0 N–H and O–H groups in total. The maximum Gasteiger partial charge on any atom is 0.270 e. The Morgan fingerprint density at radius 2 is 1.73 bits per heavy atom. The second kappa shape index (κ2) is 7.57. The van der Waals surface area contributed by atoms with E-state index in [1.807, 2.05) is 50.2 Å². The third-order valence-electron chi connectivity index (χ3n) is 5.56. The van der Waals surface area contributed by atoms with Crippen LogP contribution in [0.1, 0.15) is 36.0 Å². The lowest BCUT2D eigenvalue weighted by molar-refractivity contribution is -0.385. The van der Waals surface area contributed by atoms with Crippen LogP contribution in [0.2, 0.25) is 0 Å². The standard InChI is InChI=1S/C23H22N2O4S/c1-16-11-12-23-22(13-16)21(18-7-4-3-5-8-18)14-17(2)24(23)30(28,29)20-10-6-9-19(15-20)25(26)27/h3-13,15,17,21H,14H2,1-2H3/t17-,21-/m0/s1. The number of nitro groups is 1. The molecule has 0 saturated heterocycles. The van der Waals surface area contributed by atoms with Gasteiger partial charge in [0, 0.05) is 24.1 Å². The lowest BCUT2D eigenvalue weighted by Crippen LogP contribution is -2.43. The van der Waals surface area contributed by atoms with Gasteiger partial charge in [0.1, 0.15) is 0 Å².